The number of rotatable bonds is 8. The Morgan fingerprint density at radius 1 is 0.488 bits per heavy atom. The highest BCUT2D eigenvalue weighted by molar-refractivity contribution is 6.39. The second-order valence-electron chi connectivity index (χ2n) is 8.53. The lowest BCUT2D eigenvalue weighted by Crippen LogP contribution is -2.05. The molecule has 11 heteroatoms. The minimum absolute atomic E-state index is 0.0152. The fraction of sp³-hybridized carbons (Fsp3) is 0.0667. The van der Waals surface area contributed by atoms with Gasteiger partial charge in [0.2, 0.25) is 0 Å². The molecule has 0 aromatic heterocycles. The van der Waals surface area contributed by atoms with Crippen LogP contribution in [0.4, 0.5) is 0 Å². The number of halogens is 4. The molecule has 0 aliphatic heterocycles. The topological polar surface area (TPSA) is 96.0 Å². The molecular formula is C30H18Cl4O7. The van der Waals surface area contributed by atoms with Gasteiger partial charge in [-0.25, -0.2) is 0 Å². The third-order valence-corrected chi connectivity index (χ3v) is 6.60. The molecule has 208 valence electrons. The highest BCUT2D eigenvalue weighted by Crippen LogP contribution is 2.36. The molecule has 0 unspecified atom stereocenters. The smallest absolute Gasteiger partial charge is 0.308 e. The van der Waals surface area contributed by atoms with Crippen LogP contribution < -0.4 is 14.2 Å². The van der Waals surface area contributed by atoms with Gasteiger partial charge in [-0.15, -0.1) is 0 Å². The van der Waals surface area contributed by atoms with Crippen LogP contribution in [0.1, 0.15) is 45.7 Å². The van der Waals surface area contributed by atoms with Crippen molar-refractivity contribution in [2.75, 3.05) is 0 Å². The number of hydrogen-bond acceptors (Lipinski definition) is 7. The second-order valence-corrected chi connectivity index (χ2v) is 10.2. The van der Waals surface area contributed by atoms with E-state index in [1.54, 1.807) is 48.5 Å². The molecule has 4 aromatic carbocycles. The molecule has 0 aliphatic rings. The SMILES string of the molecule is CC(=O)Oc1c(Cl)cc(C(=O)c2ccc(Oc3ccc(C(=O)c4cc(Cl)c(OC(C)=O)c(Cl)c4)cc3)cc2)cc1Cl. The first-order valence-electron chi connectivity index (χ1n) is 11.7. The number of esters is 2. The van der Waals surface area contributed by atoms with E-state index >= 15 is 0 Å². The third kappa shape index (κ3) is 7.26. The van der Waals surface area contributed by atoms with Gasteiger partial charge >= 0.3 is 11.9 Å². The van der Waals surface area contributed by atoms with Crippen LogP contribution in [0.2, 0.25) is 20.1 Å². The lowest BCUT2D eigenvalue weighted by atomic mass is 10.0. The average molecular weight is 632 g/mol. The summed E-state index contributed by atoms with van der Waals surface area (Å²) in [6.45, 7) is 2.43. The van der Waals surface area contributed by atoms with E-state index in [1.807, 2.05) is 0 Å². The Hall–Kier alpha value is -3.88. The van der Waals surface area contributed by atoms with E-state index in [9.17, 15) is 19.2 Å². The molecule has 4 aromatic rings. The molecule has 0 amide bonds. The lowest BCUT2D eigenvalue weighted by Gasteiger charge is -2.10. The quantitative estimate of drug-likeness (QED) is 0.109. The number of hydrogen-bond donors (Lipinski definition) is 0. The van der Waals surface area contributed by atoms with Crippen molar-refractivity contribution in [1.82, 2.24) is 0 Å². The number of ketones is 2. The monoisotopic (exact) mass is 630 g/mol. The highest BCUT2D eigenvalue weighted by Gasteiger charge is 2.18. The van der Waals surface area contributed by atoms with E-state index in [1.165, 1.54) is 38.1 Å². The van der Waals surface area contributed by atoms with Crippen molar-refractivity contribution in [2.24, 2.45) is 0 Å². The first-order chi connectivity index (χ1) is 19.4. The molecule has 0 fully saturated rings. The molecule has 0 radical (unpaired) electrons. The van der Waals surface area contributed by atoms with Crippen molar-refractivity contribution in [3.05, 3.63) is 115 Å². The molecule has 7 nitrogen and oxygen atoms in total. The maximum Gasteiger partial charge on any atom is 0.308 e. The van der Waals surface area contributed by atoms with Gasteiger partial charge in [0, 0.05) is 36.1 Å². The number of benzene rings is 4. The summed E-state index contributed by atoms with van der Waals surface area (Å²) in [6.07, 6.45) is 0. The molecule has 41 heavy (non-hydrogen) atoms. The van der Waals surface area contributed by atoms with E-state index in [-0.39, 0.29) is 54.3 Å². The van der Waals surface area contributed by atoms with E-state index in [4.69, 9.17) is 60.6 Å². The lowest BCUT2D eigenvalue weighted by molar-refractivity contribution is -0.132. The van der Waals surface area contributed by atoms with Gasteiger partial charge in [0.25, 0.3) is 0 Å². The van der Waals surface area contributed by atoms with Gasteiger partial charge in [-0.05, 0) is 72.8 Å². The van der Waals surface area contributed by atoms with Crippen LogP contribution in [0, 0.1) is 0 Å². The predicted octanol–water partition coefficient (Wildman–Crippen LogP) is 8.41. The Balaban J connectivity index is 1.45. The molecular weight excluding hydrogens is 614 g/mol. The van der Waals surface area contributed by atoms with Gasteiger partial charge in [0.05, 0.1) is 20.1 Å². The normalized spacial score (nSPS) is 10.6. The molecule has 0 bridgehead atoms. The minimum Gasteiger partial charge on any atom is -0.457 e. The Morgan fingerprint density at radius 3 is 1.05 bits per heavy atom. The summed E-state index contributed by atoms with van der Waals surface area (Å²) in [5.41, 5.74) is 1.13. The summed E-state index contributed by atoms with van der Waals surface area (Å²) in [4.78, 5) is 48.3. The number of carbonyl (C=O) groups is 4. The van der Waals surface area contributed by atoms with Crippen molar-refractivity contribution < 1.29 is 33.4 Å². The molecule has 0 spiro atoms. The van der Waals surface area contributed by atoms with Crippen molar-refractivity contribution in [2.45, 2.75) is 13.8 Å². The van der Waals surface area contributed by atoms with Gasteiger partial charge in [0.1, 0.15) is 11.5 Å². The summed E-state index contributed by atoms with van der Waals surface area (Å²) in [5, 5.41) is 0.123. The Kier molecular flexibility index (Phi) is 9.35. The van der Waals surface area contributed by atoms with Crippen molar-refractivity contribution in [3.63, 3.8) is 0 Å². The Bertz CT molecular complexity index is 1510. The van der Waals surface area contributed by atoms with Crippen LogP contribution in [0.5, 0.6) is 23.0 Å². The van der Waals surface area contributed by atoms with E-state index in [0.717, 1.165) is 0 Å². The summed E-state index contributed by atoms with van der Waals surface area (Å²) >= 11 is 24.6. The third-order valence-electron chi connectivity index (χ3n) is 5.48. The van der Waals surface area contributed by atoms with Gasteiger partial charge in [-0.2, -0.15) is 0 Å². The van der Waals surface area contributed by atoms with Crippen molar-refractivity contribution in [1.29, 1.82) is 0 Å². The van der Waals surface area contributed by atoms with Gasteiger partial charge < -0.3 is 14.2 Å². The zero-order chi connectivity index (χ0) is 29.8. The Morgan fingerprint density at radius 2 is 0.780 bits per heavy atom. The Labute approximate surface area is 254 Å². The molecule has 0 saturated heterocycles. The van der Waals surface area contributed by atoms with E-state index < -0.39 is 11.9 Å². The molecule has 4 rings (SSSR count). The summed E-state index contributed by atoms with van der Waals surface area (Å²) < 4.78 is 15.8. The number of ether oxygens (including phenoxy) is 3. The maximum atomic E-state index is 12.9. The maximum absolute atomic E-state index is 12.9. The van der Waals surface area contributed by atoms with Gasteiger partial charge in [0.15, 0.2) is 23.1 Å². The first-order valence-corrected chi connectivity index (χ1v) is 13.3. The van der Waals surface area contributed by atoms with Crippen LogP contribution in [0.25, 0.3) is 0 Å². The van der Waals surface area contributed by atoms with Crippen LogP contribution in [-0.2, 0) is 9.59 Å². The zero-order valence-corrected chi connectivity index (χ0v) is 24.3. The first kappa shape index (κ1) is 30.1. The van der Waals surface area contributed by atoms with Gasteiger partial charge in [-0.1, -0.05) is 46.4 Å². The predicted molar refractivity (Wildman–Crippen MR) is 155 cm³/mol. The minimum atomic E-state index is -0.591. The van der Waals surface area contributed by atoms with Crippen LogP contribution in [-0.4, -0.2) is 23.5 Å². The van der Waals surface area contributed by atoms with E-state index in [2.05, 4.69) is 0 Å². The number of carbonyl (C=O) groups excluding carboxylic acids is 4. The average Bonchev–Trinajstić information content (AvgIpc) is 2.92. The molecule has 0 atom stereocenters. The fourth-order valence-corrected chi connectivity index (χ4v) is 4.81. The summed E-state index contributed by atoms with van der Waals surface area (Å²) in [5.74, 6) is -1.02. The summed E-state index contributed by atoms with van der Waals surface area (Å²) in [7, 11) is 0. The molecule has 0 heterocycles. The molecule has 0 saturated carbocycles. The highest BCUT2D eigenvalue weighted by atomic mass is 35.5. The zero-order valence-electron chi connectivity index (χ0n) is 21.3. The summed E-state index contributed by atoms with van der Waals surface area (Å²) in [6, 6.07) is 18.2. The van der Waals surface area contributed by atoms with Crippen molar-refractivity contribution >= 4 is 69.9 Å². The van der Waals surface area contributed by atoms with Gasteiger partial charge in [-0.3, -0.25) is 19.2 Å². The van der Waals surface area contributed by atoms with Crippen LogP contribution >= 0.6 is 46.4 Å². The van der Waals surface area contributed by atoms with Crippen LogP contribution in [0.3, 0.4) is 0 Å². The fourth-order valence-electron chi connectivity index (χ4n) is 3.68. The standard InChI is InChI=1S/C30H18Cl4O7/c1-15(35)39-29-23(31)11-19(12-24(29)32)27(37)17-3-7-21(8-4-17)41-22-9-5-18(6-10-22)28(38)20-13-25(33)30(26(34)14-20)40-16(2)36/h3-14H,1-2H3. The second kappa shape index (κ2) is 12.7. The molecule has 0 aliphatic carbocycles. The van der Waals surface area contributed by atoms with Crippen molar-refractivity contribution in [3.8, 4) is 23.0 Å². The van der Waals surface area contributed by atoms with Crippen LogP contribution in [0.15, 0.2) is 72.8 Å². The largest absolute Gasteiger partial charge is 0.457 e. The molecule has 0 N–H and O–H groups in total. The van der Waals surface area contributed by atoms with E-state index in [0.29, 0.717) is 22.6 Å².